The number of azo groups is 1. The Morgan fingerprint density at radius 1 is 1.37 bits per heavy atom. The lowest BCUT2D eigenvalue weighted by Gasteiger charge is -2.18. The zero-order valence-electron chi connectivity index (χ0n) is 11.4. The molecule has 0 bridgehead atoms. The predicted molar refractivity (Wildman–Crippen MR) is 71.1 cm³/mol. The van der Waals surface area contributed by atoms with Gasteiger partial charge in [0.2, 0.25) is 0 Å². The molecule has 6 nitrogen and oxygen atoms in total. The minimum Gasteiger partial charge on any atom is -0.364 e. The molecule has 1 amide bonds. The minimum absolute atomic E-state index is 0.103. The van der Waals surface area contributed by atoms with Crippen molar-refractivity contribution in [3.63, 3.8) is 0 Å². The third kappa shape index (κ3) is 2.88. The second-order valence-corrected chi connectivity index (χ2v) is 5.54. The first-order chi connectivity index (χ1) is 9.00. The van der Waals surface area contributed by atoms with E-state index in [9.17, 15) is 9.59 Å². The summed E-state index contributed by atoms with van der Waals surface area (Å²) < 4.78 is 0. The average molecular weight is 264 g/mol. The molecule has 0 saturated heterocycles. The van der Waals surface area contributed by atoms with Crippen molar-refractivity contribution >= 4 is 17.4 Å². The van der Waals surface area contributed by atoms with Crippen molar-refractivity contribution in [2.75, 3.05) is 6.54 Å². The monoisotopic (exact) mass is 264 g/mol. The molecule has 2 aliphatic heterocycles. The van der Waals surface area contributed by atoms with E-state index in [2.05, 4.69) is 15.2 Å². The summed E-state index contributed by atoms with van der Waals surface area (Å²) in [5.74, 6) is -0.499. The van der Waals surface area contributed by atoms with Gasteiger partial charge < -0.3 is 5.73 Å². The van der Waals surface area contributed by atoms with E-state index in [0.717, 1.165) is 6.42 Å². The third-order valence-electron chi connectivity index (χ3n) is 3.80. The molecule has 2 aliphatic rings. The Bertz CT molecular complexity index is 442. The van der Waals surface area contributed by atoms with Gasteiger partial charge in [0.1, 0.15) is 17.5 Å². The summed E-state index contributed by atoms with van der Waals surface area (Å²) in [4.78, 5) is 28.0. The van der Waals surface area contributed by atoms with Gasteiger partial charge in [0.25, 0.3) is 5.91 Å². The number of carbonyl (C=O) groups is 2. The molecule has 0 aromatic carbocycles. The summed E-state index contributed by atoms with van der Waals surface area (Å²) in [5.41, 5.74) is 5.56. The smallest absolute Gasteiger partial charge is 0.264 e. The molecular formula is C13H20N4O2. The second kappa shape index (κ2) is 5.59. The summed E-state index contributed by atoms with van der Waals surface area (Å²) in [7, 11) is 0. The molecule has 3 unspecified atom stereocenters. The number of ketones is 1. The van der Waals surface area contributed by atoms with Crippen LogP contribution in [0.4, 0.5) is 0 Å². The number of nitrogens with zero attached hydrogens (tertiary/aromatic N) is 3. The van der Waals surface area contributed by atoms with Crippen LogP contribution in [0.2, 0.25) is 0 Å². The number of Topliss-reactive ketones (excluding diaryl/α,β-unsaturated/α-hetero) is 1. The Kier molecular flexibility index (Phi) is 4.07. The minimum atomic E-state index is -0.591. The van der Waals surface area contributed by atoms with Crippen LogP contribution < -0.4 is 5.73 Å². The van der Waals surface area contributed by atoms with Gasteiger partial charge in [0.05, 0.1) is 6.04 Å². The van der Waals surface area contributed by atoms with Crippen molar-refractivity contribution in [3.8, 4) is 0 Å². The molecule has 3 atom stereocenters. The maximum absolute atomic E-state index is 12.4. The number of hydrogen-bond acceptors (Lipinski definition) is 5. The quantitative estimate of drug-likeness (QED) is 0.809. The van der Waals surface area contributed by atoms with Crippen molar-refractivity contribution in [1.82, 2.24) is 0 Å². The van der Waals surface area contributed by atoms with Crippen molar-refractivity contribution in [3.05, 3.63) is 0 Å². The Morgan fingerprint density at radius 3 is 2.74 bits per heavy atom. The number of carbonyl (C=O) groups excluding carboxylic acids is 2. The number of rotatable bonds is 2. The third-order valence-corrected chi connectivity index (χ3v) is 3.80. The molecule has 104 valence electrons. The van der Waals surface area contributed by atoms with Gasteiger partial charge in [-0.1, -0.05) is 13.8 Å². The van der Waals surface area contributed by atoms with Gasteiger partial charge in [-0.15, -0.1) is 0 Å². The van der Waals surface area contributed by atoms with Crippen LogP contribution in [0.25, 0.3) is 0 Å². The van der Waals surface area contributed by atoms with Gasteiger partial charge >= 0.3 is 0 Å². The number of fused-ring (bicyclic) bond motifs is 1. The molecule has 2 rings (SSSR count). The van der Waals surface area contributed by atoms with Crippen molar-refractivity contribution in [1.29, 1.82) is 0 Å². The Balaban J connectivity index is 2.35. The fourth-order valence-corrected chi connectivity index (χ4v) is 2.57. The molecule has 2 heterocycles. The lowest BCUT2D eigenvalue weighted by molar-refractivity contribution is -0.123. The zero-order chi connectivity index (χ0) is 14.0. The number of hydrogen-bond donors (Lipinski definition) is 1. The van der Waals surface area contributed by atoms with Crippen LogP contribution in [0, 0.1) is 11.8 Å². The van der Waals surface area contributed by atoms with E-state index in [1.807, 2.05) is 13.8 Å². The van der Waals surface area contributed by atoms with Gasteiger partial charge in [-0.3, -0.25) is 14.6 Å². The van der Waals surface area contributed by atoms with Crippen LogP contribution in [0.15, 0.2) is 15.2 Å². The summed E-state index contributed by atoms with van der Waals surface area (Å²) in [5, 5.41) is 8.48. The van der Waals surface area contributed by atoms with Crippen LogP contribution >= 0.6 is 0 Å². The highest BCUT2D eigenvalue weighted by molar-refractivity contribution is 6.40. The van der Waals surface area contributed by atoms with Gasteiger partial charge in [0.15, 0.2) is 0 Å². The first kappa shape index (κ1) is 13.8. The number of primary amides is 1. The first-order valence-electron chi connectivity index (χ1n) is 6.77. The van der Waals surface area contributed by atoms with Gasteiger partial charge in [-0.2, -0.15) is 10.2 Å². The van der Waals surface area contributed by atoms with E-state index >= 15 is 0 Å². The SMILES string of the molecule is CC(C)C1CC(=O)C2CCCN=C(C(N)=O)C2N=N1. The molecule has 0 radical (unpaired) electrons. The van der Waals surface area contributed by atoms with E-state index in [4.69, 9.17) is 5.73 Å². The predicted octanol–water partition coefficient (Wildman–Crippen LogP) is 1.14. The Labute approximate surface area is 112 Å². The Morgan fingerprint density at radius 2 is 2.11 bits per heavy atom. The largest absolute Gasteiger partial charge is 0.364 e. The maximum Gasteiger partial charge on any atom is 0.264 e. The zero-order valence-corrected chi connectivity index (χ0v) is 11.4. The average Bonchev–Trinajstić information content (AvgIpc) is 2.63. The molecule has 6 heteroatoms. The highest BCUT2D eigenvalue weighted by Crippen LogP contribution is 2.28. The summed E-state index contributed by atoms with van der Waals surface area (Å²) in [6, 6.07) is -0.676. The molecule has 0 fully saturated rings. The Hall–Kier alpha value is -1.59. The molecule has 0 spiro atoms. The highest BCUT2D eigenvalue weighted by Gasteiger charge is 2.38. The molecule has 0 saturated carbocycles. The normalized spacial score (nSPS) is 31.4. The van der Waals surface area contributed by atoms with Crippen molar-refractivity contribution < 1.29 is 9.59 Å². The molecule has 19 heavy (non-hydrogen) atoms. The molecule has 2 N–H and O–H groups in total. The first-order valence-corrected chi connectivity index (χ1v) is 6.77. The summed E-state index contributed by atoms with van der Waals surface area (Å²) in [6.45, 7) is 4.56. The maximum atomic E-state index is 12.4. The number of amides is 1. The van der Waals surface area contributed by atoms with E-state index in [-0.39, 0.29) is 29.4 Å². The van der Waals surface area contributed by atoms with Crippen LogP contribution in [0.1, 0.15) is 33.1 Å². The molecule has 0 aliphatic carbocycles. The second-order valence-electron chi connectivity index (χ2n) is 5.54. The van der Waals surface area contributed by atoms with Crippen molar-refractivity contribution in [2.24, 2.45) is 32.8 Å². The lowest BCUT2D eigenvalue weighted by Crippen LogP contribution is -2.39. The fourth-order valence-electron chi connectivity index (χ4n) is 2.57. The fraction of sp³-hybridized carbons (Fsp3) is 0.769. The van der Waals surface area contributed by atoms with E-state index in [1.165, 1.54) is 0 Å². The van der Waals surface area contributed by atoms with Crippen molar-refractivity contribution in [2.45, 2.75) is 45.2 Å². The van der Waals surface area contributed by atoms with Crippen LogP contribution in [-0.4, -0.2) is 36.0 Å². The van der Waals surface area contributed by atoms with E-state index in [0.29, 0.717) is 19.4 Å². The molecule has 0 aromatic rings. The summed E-state index contributed by atoms with van der Waals surface area (Å²) in [6.07, 6.45) is 1.88. The van der Waals surface area contributed by atoms with Crippen LogP contribution in [0.3, 0.4) is 0 Å². The van der Waals surface area contributed by atoms with Gasteiger partial charge in [-0.25, -0.2) is 0 Å². The summed E-state index contributed by atoms with van der Waals surface area (Å²) >= 11 is 0. The standard InChI is InChI=1S/C13H20N4O2/c1-7(2)9-6-10(18)8-4-3-5-15-12(13(14)19)11(8)17-16-9/h7-9,11H,3-6H2,1-2H3,(H2,14,19). The number of aliphatic imine (C=N–C) groups is 1. The molecular weight excluding hydrogens is 244 g/mol. The molecule has 0 aromatic heterocycles. The van der Waals surface area contributed by atoms with E-state index in [1.54, 1.807) is 0 Å². The number of nitrogens with two attached hydrogens (primary N) is 1. The lowest BCUT2D eigenvalue weighted by atomic mass is 9.85. The van der Waals surface area contributed by atoms with Crippen LogP contribution in [0.5, 0.6) is 0 Å². The van der Waals surface area contributed by atoms with E-state index < -0.39 is 11.9 Å². The highest BCUT2D eigenvalue weighted by atomic mass is 16.1. The topological polar surface area (TPSA) is 97.2 Å². The van der Waals surface area contributed by atoms with Gasteiger partial charge in [-0.05, 0) is 18.8 Å². The van der Waals surface area contributed by atoms with Crippen LogP contribution in [-0.2, 0) is 9.59 Å². The van der Waals surface area contributed by atoms with Gasteiger partial charge in [0, 0.05) is 18.9 Å².